The molecule has 0 aromatic heterocycles. The molecule has 22 heavy (non-hydrogen) atoms. The smallest absolute Gasteiger partial charge is 0.410 e. The highest BCUT2D eigenvalue weighted by molar-refractivity contribution is 5.89. The highest BCUT2D eigenvalue weighted by Gasteiger charge is 2.38. The second-order valence-electron chi connectivity index (χ2n) is 4.60. The van der Waals surface area contributed by atoms with Gasteiger partial charge in [0, 0.05) is 0 Å². The number of carboxylic acid groups (broad SMARTS) is 1. The Morgan fingerprint density at radius 2 is 2.18 bits per heavy atom. The Morgan fingerprint density at radius 1 is 1.45 bits per heavy atom. The van der Waals surface area contributed by atoms with Crippen LogP contribution in [0.25, 0.3) is 0 Å². The Balaban J connectivity index is 2.13. The molecule has 2 amide bonds. The van der Waals surface area contributed by atoms with E-state index in [9.17, 15) is 14.4 Å². The van der Waals surface area contributed by atoms with Crippen LogP contribution in [0.5, 0.6) is 0 Å². The second-order valence-corrected chi connectivity index (χ2v) is 4.60. The molecule has 1 atom stereocenters. The minimum Gasteiger partial charge on any atom is -0.480 e. The number of nitriles is 1. The molecule has 114 valence electrons. The zero-order valence-corrected chi connectivity index (χ0v) is 11.5. The van der Waals surface area contributed by atoms with Gasteiger partial charge in [-0.15, -0.1) is 0 Å². The maximum absolute atomic E-state index is 11.9. The fraction of sp³-hybridized carbons (Fsp3) is 0.286. The van der Waals surface area contributed by atoms with Crippen LogP contribution in [0.2, 0.25) is 0 Å². The van der Waals surface area contributed by atoms with Crippen molar-refractivity contribution in [2.75, 3.05) is 13.2 Å². The van der Waals surface area contributed by atoms with Crippen molar-refractivity contribution < 1.29 is 24.2 Å². The summed E-state index contributed by atoms with van der Waals surface area (Å²) in [5, 5.41) is 19.8. The van der Waals surface area contributed by atoms with Gasteiger partial charge < -0.3 is 15.2 Å². The number of nitrogens with zero attached hydrogens (tertiary/aromatic N) is 2. The van der Waals surface area contributed by atoms with Gasteiger partial charge in [0.2, 0.25) is 5.91 Å². The van der Waals surface area contributed by atoms with E-state index in [4.69, 9.17) is 15.1 Å². The van der Waals surface area contributed by atoms with Gasteiger partial charge in [-0.25, -0.2) is 4.79 Å². The Kier molecular flexibility index (Phi) is 4.58. The molecule has 8 nitrogen and oxygen atoms in total. The first-order valence-electron chi connectivity index (χ1n) is 6.44. The van der Waals surface area contributed by atoms with Crippen molar-refractivity contribution in [2.45, 2.75) is 12.6 Å². The van der Waals surface area contributed by atoms with Crippen LogP contribution in [0.1, 0.15) is 11.1 Å². The number of cyclic esters (lactones) is 1. The average molecular weight is 303 g/mol. The molecular weight excluding hydrogens is 290 g/mol. The molecule has 0 saturated carbocycles. The summed E-state index contributed by atoms with van der Waals surface area (Å²) in [5.74, 6) is -1.79. The van der Waals surface area contributed by atoms with Gasteiger partial charge in [-0.3, -0.25) is 14.5 Å². The Bertz CT molecular complexity index is 652. The van der Waals surface area contributed by atoms with Gasteiger partial charge in [-0.05, 0) is 11.6 Å². The van der Waals surface area contributed by atoms with Crippen LogP contribution in [0.3, 0.4) is 0 Å². The molecule has 8 heteroatoms. The quantitative estimate of drug-likeness (QED) is 0.795. The van der Waals surface area contributed by atoms with Crippen molar-refractivity contribution in [2.24, 2.45) is 0 Å². The maximum Gasteiger partial charge on any atom is 0.410 e. The zero-order valence-electron chi connectivity index (χ0n) is 11.5. The number of carbonyl (C=O) groups excluding carboxylic acids is 2. The third-order valence-corrected chi connectivity index (χ3v) is 3.17. The summed E-state index contributed by atoms with van der Waals surface area (Å²) < 4.78 is 4.85. The van der Waals surface area contributed by atoms with Crippen LogP contribution in [0.4, 0.5) is 4.79 Å². The van der Waals surface area contributed by atoms with E-state index in [0.29, 0.717) is 11.1 Å². The summed E-state index contributed by atoms with van der Waals surface area (Å²) in [5.41, 5.74) is 0.978. The van der Waals surface area contributed by atoms with Crippen molar-refractivity contribution >= 4 is 18.0 Å². The molecule has 0 unspecified atom stereocenters. The third kappa shape index (κ3) is 3.32. The number of hydrogen-bond acceptors (Lipinski definition) is 5. The topological polar surface area (TPSA) is 120 Å². The zero-order chi connectivity index (χ0) is 16.1. The predicted molar refractivity (Wildman–Crippen MR) is 72.5 cm³/mol. The van der Waals surface area contributed by atoms with Crippen molar-refractivity contribution in [3.05, 3.63) is 35.4 Å². The lowest BCUT2D eigenvalue weighted by molar-refractivity contribution is -0.138. The molecule has 1 aromatic carbocycles. The number of nitrogens with one attached hydrogen (secondary N) is 1. The third-order valence-electron chi connectivity index (χ3n) is 3.17. The van der Waals surface area contributed by atoms with Gasteiger partial charge in [0.25, 0.3) is 0 Å². The standard InChI is InChI=1S/C14H13N3O5/c15-5-9-3-1-2-4-10(9)7-17-11(8-22-14(17)21)13(20)16-6-12(18)19/h1-4,11H,6-8H2,(H,16,20)(H,18,19)/t11-/m0/s1. The maximum atomic E-state index is 11.9. The van der Waals surface area contributed by atoms with E-state index < -0.39 is 30.6 Å². The van der Waals surface area contributed by atoms with E-state index in [1.54, 1.807) is 24.3 Å². The fourth-order valence-electron chi connectivity index (χ4n) is 2.07. The molecule has 1 aromatic rings. The van der Waals surface area contributed by atoms with Crippen LogP contribution in [-0.2, 0) is 20.9 Å². The number of amides is 2. The monoisotopic (exact) mass is 303 g/mol. The lowest BCUT2D eigenvalue weighted by Gasteiger charge is -2.20. The number of rotatable bonds is 5. The summed E-state index contributed by atoms with van der Waals surface area (Å²) in [6.45, 7) is -0.654. The minimum absolute atomic E-state index is 0.0354. The van der Waals surface area contributed by atoms with Crippen LogP contribution < -0.4 is 5.32 Å². The van der Waals surface area contributed by atoms with Gasteiger partial charge in [-0.1, -0.05) is 18.2 Å². The molecule has 1 heterocycles. The summed E-state index contributed by atoms with van der Waals surface area (Å²) in [4.78, 5) is 35.3. The first-order valence-corrected chi connectivity index (χ1v) is 6.44. The molecular formula is C14H13N3O5. The summed E-state index contributed by atoms with van der Waals surface area (Å²) in [6, 6.07) is 7.79. The number of carbonyl (C=O) groups is 3. The van der Waals surface area contributed by atoms with Gasteiger partial charge in [0.1, 0.15) is 19.2 Å². The number of benzene rings is 1. The van der Waals surface area contributed by atoms with Gasteiger partial charge >= 0.3 is 12.1 Å². The number of aliphatic carboxylic acids is 1. The van der Waals surface area contributed by atoms with Crippen LogP contribution >= 0.6 is 0 Å². The lowest BCUT2D eigenvalue weighted by atomic mass is 10.1. The largest absolute Gasteiger partial charge is 0.480 e. The molecule has 0 aliphatic carbocycles. The van der Waals surface area contributed by atoms with Gasteiger partial charge in [0.05, 0.1) is 18.2 Å². The van der Waals surface area contributed by atoms with Crippen molar-refractivity contribution in [1.29, 1.82) is 5.26 Å². The molecule has 1 aliphatic heterocycles. The number of hydrogen-bond donors (Lipinski definition) is 2. The molecule has 0 bridgehead atoms. The first-order chi connectivity index (χ1) is 10.5. The molecule has 2 N–H and O–H groups in total. The van der Waals surface area contributed by atoms with Crippen LogP contribution in [0.15, 0.2) is 24.3 Å². The van der Waals surface area contributed by atoms with Crippen molar-refractivity contribution in [3.8, 4) is 6.07 Å². The van der Waals surface area contributed by atoms with E-state index in [2.05, 4.69) is 5.32 Å². The number of ether oxygens (including phenoxy) is 1. The molecule has 0 spiro atoms. The minimum atomic E-state index is -1.18. The second kappa shape index (κ2) is 6.58. The van der Waals surface area contributed by atoms with Crippen LogP contribution in [0, 0.1) is 11.3 Å². The van der Waals surface area contributed by atoms with E-state index in [1.807, 2.05) is 6.07 Å². The van der Waals surface area contributed by atoms with Crippen LogP contribution in [-0.4, -0.2) is 47.2 Å². The van der Waals surface area contributed by atoms with E-state index in [0.717, 1.165) is 0 Å². The number of carboxylic acids is 1. The molecule has 1 saturated heterocycles. The highest BCUT2D eigenvalue weighted by Crippen LogP contribution is 2.18. The SMILES string of the molecule is N#Cc1ccccc1CN1C(=O)OC[C@H]1C(=O)NCC(=O)O. The first kappa shape index (κ1) is 15.3. The predicted octanol–water partition coefficient (Wildman–Crippen LogP) is 0.0799. The molecule has 1 fully saturated rings. The Morgan fingerprint density at radius 3 is 2.86 bits per heavy atom. The summed E-state index contributed by atoms with van der Waals surface area (Å²) in [7, 11) is 0. The Hall–Kier alpha value is -3.08. The molecule has 1 aliphatic rings. The van der Waals surface area contributed by atoms with Gasteiger partial charge in [0.15, 0.2) is 0 Å². The van der Waals surface area contributed by atoms with E-state index >= 15 is 0 Å². The average Bonchev–Trinajstić information content (AvgIpc) is 2.86. The molecule has 2 rings (SSSR count). The highest BCUT2D eigenvalue weighted by atomic mass is 16.6. The van der Waals surface area contributed by atoms with E-state index in [1.165, 1.54) is 4.90 Å². The van der Waals surface area contributed by atoms with Gasteiger partial charge in [-0.2, -0.15) is 5.26 Å². The van der Waals surface area contributed by atoms with E-state index in [-0.39, 0.29) is 13.2 Å². The molecule has 0 radical (unpaired) electrons. The fourth-order valence-corrected chi connectivity index (χ4v) is 2.07. The normalized spacial score (nSPS) is 16.8. The van der Waals surface area contributed by atoms with Crippen molar-refractivity contribution in [1.82, 2.24) is 10.2 Å². The summed E-state index contributed by atoms with van der Waals surface area (Å²) in [6.07, 6.45) is -0.678. The lowest BCUT2D eigenvalue weighted by Crippen LogP contribution is -2.46. The Labute approximate surface area is 125 Å². The van der Waals surface area contributed by atoms with Crippen molar-refractivity contribution in [3.63, 3.8) is 0 Å². The summed E-state index contributed by atoms with van der Waals surface area (Å²) >= 11 is 0.